The Labute approximate surface area is 169 Å². The molecule has 29 heavy (non-hydrogen) atoms. The zero-order valence-electron chi connectivity index (χ0n) is 16.0. The van der Waals surface area contributed by atoms with Crippen molar-refractivity contribution in [1.82, 2.24) is 0 Å². The number of methoxy groups -OCH3 is 1. The molecule has 1 aliphatic rings. The summed E-state index contributed by atoms with van der Waals surface area (Å²) >= 11 is 0. The van der Waals surface area contributed by atoms with Crippen LogP contribution in [0.15, 0.2) is 71.6 Å². The fourth-order valence-corrected chi connectivity index (χ4v) is 5.10. The summed E-state index contributed by atoms with van der Waals surface area (Å²) in [7, 11) is -2.32. The lowest BCUT2D eigenvalue weighted by Crippen LogP contribution is -2.40. The van der Waals surface area contributed by atoms with Gasteiger partial charge in [-0.15, -0.1) is 0 Å². The highest BCUT2D eigenvalue weighted by atomic mass is 32.2. The number of carbonyl (C=O) groups is 1. The lowest BCUT2D eigenvalue weighted by atomic mass is 10.0. The minimum Gasteiger partial charge on any atom is -0.497 e. The molecule has 6 nitrogen and oxygen atoms in total. The maximum Gasteiger partial charge on any atom is 0.265 e. The molecule has 3 aromatic carbocycles. The minimum atomic E-state index is -3.86. The molecule has 3 aromatic rings. The molecule has 4 rings (SSSR count). The predicted octanol–water partition coefficient (Wildman–Crippen LogP) is 3.82. The maximum atomic E-state index is 13.3. The molecular weight excluding hydrogens is 388 g/mol. The number of carbonyl (C=O) groups excluding carboxylic acids is 1. The molecule has 7 heteroatoms. The highest BCUT2D eigenvalue weighted by molar-refractivity contribution is 7.93. The van der Waals surface area contributed by atoms with Crippen molar-refractivity contribution in [3.63, 3.8) is 0 Å². The molecule has 0 fully saturated rings. The summed E-state index contributed by atoms with van der Waals surface area (Å²) in [4.78, 5) is 12.9. The van der Waals surface area contributed by atoms with Crippen LogP contribution in [0.4, 0.5) is 11.4 Å². The van der Waals surface area contributed by atoms with Crippen LogP contribution >= 0.6 is 0 Å². The molecule has 1 heterocycles. The van der Waals surface area contributed by atoms with Crippen molar-refractivity contribution in [3.8, 4) is 16.9 Å². The second-order valence-electron chi connectivity index (χ2n) is 6.81. The van der Waals surface area contributed by atoms with Crippen molar-refractivity contribution in [1.29, 1.82) is 0 Å². The third-order valence-electron chi connectivity index (χ3n) is 4.81. The van der Waals surface area contributed by atoms with E-state index in [9.17, 15) is 13.2 Å². The SMILES string of the molecule is COc1cccc(NC(=O)CN2c3ccc(C)cc3-c3ccccc3S2(=O)=O)c1. The fourth-order valence-electron chi connectivity index (χ4n) is 3.45. The molecule has 0 spiro atoms. The molecule has 0 aliphatic carbocycles. The summed E-state index contributed by atoms with van der Waals surface area (Å²) in [5.74, 6) is 0.163. The molecule has 0 aromatic heterocycles. The van der Waals surface area contributed by atoms with Crippen LogP contribution in [-0.4, -0.2) is 28.0 Å². The van der Waals surface area contributed by atoms with Gasteiger partial charge in [-0.25, -0.2) is 8.42 Å². The molecule has 1 amide bonds. The van der Waals surface area contributed by atoms with Crippen LogP contribution in [0.2, 0.25) is 0 Å². The summed E-state index contributed by atoms with van der Waals surface area (Å²) in [5.41, 5.74) is 3.49. The lowest BCUT2D eigenvalue weighted by Gasteiger charge is -2.31. The second kappa shape index (κ2) is 7.25. The lowest BCUT2D eigenvalue weighted by molar-refractivity contribution is -0.114. The van der Waals surface area contributed by atoms with Gasteiger partial charge in [0.1, 0.15) is 12.3 Å². The summed E-state index contributed by atoms with van der Waals surface area (Å²) < 4.78 is 32.9. The van der Waals surface area contributed by atoms with Crippen LogP contribution in [0.5, 0.6) is 5.75 Å². The average molecular weight is 408 g/mol. The molecular formula is C22H20N2O4S. The summed E-state index contributed by atoms with van der Waals surface area (Å²) in [6.45, 7) is 1.62. The molecule has 1 N–H and O–H groups in total. The predicted molar refractivity (Wildman–Crippen MR) is 113 cm³/mol. The van der Waals surface area contributed by atoms with Crippen molar-refractivity contribution in [2.75, 3.05) is 23.3 Å². The molecule has 0 unspecified atom stereocenters. The zero-order chi connectivity index (χ0) is 20.6. The average Bonchev–Trinajstić information content (AvgIpc) is 2.71. The van der Waals surface area contributed by atoms with Crippen LogP contribution in [0.1, 0.15) is 5.56 Å². The molecule has 0 atom stereocenters. The van der Waals surface area contributed by atoms with Crippen LogP contribution in [0.25, 0.3) is 11.1 Å². The molecule has 0 bridgehead atoms. The molecule has 0 saturated heterocycles. The number of aryl methyl sites for hydroxylation is 1. The number of hydrogen-bond donors (Lipinski definition) is 1. The van der Waals surface area contributed by atoms with Gasteiger partial charge in [0.25, 0.3) is 10.0 Å². The Balaban J connectivity index is 1.71. The highest BCUT2D eigenvalue weighted by Gasteiger charge is 2.35. The minimum absolute atomic E-state index is 0.201. The van der Waals surface area contributed by atoms with E-state index in [2.05, 4.69) is 5.32 Å². The largest absolute Gasteiger partial charge is 0.497 e. The van der Waals surface area contributed by atoms with Gasteiger partial charge in [-0.3, -0.25) is 9.10 Å². The van der Waals surface area contributed by atoms with Gasteiger partial charge >= 0.3 is 0 Å². The molecule has 0 saturated carbocycles. The fraction of sp³-hybridized carbons (Fsp3) is 0.136. The maximum absolute atomic E-state index is 13.3. The van der Waals surface area contributed by atoms with Crippen molar-refractivity contribution >= 4 is 27.3 Å². The second-order valence-corrected chi connectivity index (χ2v) is 8.64. The van der Waals surface area contributed by atoms with E-state index in [0.29, 0.717) is 22.7 Å². The van der Waals surface area contributed by atoms with E-state index >= 15 is 0 Å². The van der Waals surface area contributed by atoms with Crippen molar-refractivity contribution in [2.45, 2.75) is 11.8 Å². The Morgan fingerprint density at radius 2 is 1.79 bits per heavy atom. The van der Waals surface area contributed by atoms with Crippen molar-refractivity contribution in [2.24, 2.45) is 0 Å². The van der Waals surface area contributed by atoms with Gasteiger partial charge in [-0.05, 0) is 37.3 Å². The topological polar surface area (TPSA) is 75.7 Å². The first-order chi connectivity index (χ1) is 13.9. The normalized spacial score (nSPS) is 13.9. The smallest absolute Gasteiger partial charge is 0.265 e. The molecule has 0 radical (unpaired) electrons. The first-order valence-electron chi connectivity index (χ1n) is 9.07. The van der Waals surface area contributed by atoms with Gasteiger partial charge in [-0.1, -0.05) is 35.9 Å². The Bertz CT molecular complexity index is 1200. The standard InChI is InChI=1S/C22H20N2O4S/c1-15-10-11-20-19(12-15)18-8-3-4-9-21(18)29(26,27)24(20)14-22(25)23-16-6-5-7-17(13-16)28-2/h3-13H,14H2,1-2H3,(H,23,25). The van der Waals surface area contributed by atoms with E-state index in [1.807, 2.05) is 25.1 Å². The van der Waals surface area contributed by atoms with Crippen LogP contribution in [0, 0.1) is 6.92 Å². The molecule has 1 aliphatic heterocycles. The van der Waals surface area contributed by atoms with Gasteiger partial charge < -0.3 is 10.1 Å². The van der Waals surface area contributed by atoms with Crippen molar-refractivity contribution < 1.29 is 17.9 Å². The number of rotatable bonds is 4. The first-order valence-corrected chi connectivity index (χ1v) is 10.5. The number of fused-ring (bicyclic) bond motifs is 3. The van der Waals surface area contributed by atoms with E-state index in [-0.39, 0.29) is 11.4 Å². The van der Waals surface area contributed by atoms with Gasteiger partial charge in [-0.2, -0.15) is 0 Å². The third kappa shape index (κ3) is 3.45. The van der Waals surface area contributed by atoms with Gasteiger partial charge in [0, 0.05) is 22.9 Å². The van der Waals surface area contributed by atoms with E-state index in [1.54, 1.807) is 48.5 Å². The molecule has 148 valence electrons. The zero-order valence-corrected chi connectivity index (χ0v) is 16.9. The number of nitrogens with zero attached hydrogens (tertiary/aromatic N) is 1. The summed E-state index contributed by atoms with van der Waals surface area (Å²) in [5, 5.41) is 2.74. The van der Waals surface area contributed by atoms with Crippen molar-refractivity contribution in [3.05, 3.63) is 72.3 Å². The van der Waals surface area contributed by atoms with E-state index in [0.717, 1.165) is 11.1 Å². The monoisotopic (exact) mass is 408 g/mol. The van der Waals surface area contributed by atoms with Gasteiger partial charge in [0.05, 0.1) is 17.7 Å². The number of hydrogen-bond acceptors (Lipinski definition) is 4. The van der Waals surface area contributed by atoms with E-state index in [4.69, 9.17) is 4.74 Å². The Morgan fingerprint density at radius 3 is 2.59 bits per heavy atom. The van der Waals surface area contributed by atoms with E-state index in [1.165, 1.54) is 11.4 Å². The Kier molecular flexibility index (Phi) is 4.76. The number of ether oxygens (including phenoxy) is 1. The number of sulfonamides is 1. The number of amides is 1. The summed E-state index contributed by atoms with van der Waals surface area (Å²) in [6.07, 6.45) is 0. The Hall–Kier alpha value is -3.32. The quantitative estimate of drug-likeness (QED) is 0.712. The van der Waals surface area contributed by atoms with Crippen LogP contribution < -0.4 is 14.4 Å². The summed E-state index contributed by atoms with van der Waals surface area (Å²) in [6, 6.07) is 19.3. The highest BCUT2D eigenvalue weighted by Crippen LogP contribution is 2.43. The van der Waals surface area contributed by atoms with Crippen LogP contribution in [-0.2, 0) is 14.8 Å². The third-order valence-corrected chi connectivity index (χ3v) is 6.62. The first kappa shape index (κ1) is 19.0. The van der Waals surface area contributed by atoms with Gasteiger partial charge in [0.2, 0.25) is 5.91 Å². The number of anilines is 2. The van der Waals surface area contributed by atoms with E-state index < -0.39 is 15.9 Å². The number of benzene rings is 3. The van der Waals surface area contributed by atoms with Crippen LogP contribution in [0.3, 0.4) is 0 Å². The van der Waals surface area contributed by atoms with Gasteiger partial charge in [0.15, 0.2) is 0 Å². The Morgan fingerprint density at radius 1 is 1.00 bits per heavy atom. The number of nitrogens with one attached hydrogen (secondary N) is 1.